The van der Waals surface area contributed by atoms with Gasteiger partial charge in [0.15, 0.2) is 0 Å². The maximum atomic E-state index is 11.0. The van der Waals surface area contributed by atoms with E-state index in [1.807, 2.05) is 0 Å². The van der Waals surface area contributed by atoms with Crippen LogP contribution >= 0.6 is 0 Å². The van der Waals surface area contributed by atoms with Crippen molar-refractivity contribution >= 4 is 0 Å². The monoisotopic (exact) mass is 254 g/mol. The minimum atomic E-state index is -0.490. The van der Waals surface area contributed by atoms with E-state index in [4.69, 9.17) is 9.47 Å². The van der Waals surface area contributed by atoms with Gasteiger partial charge in [0.1, 0.15) is 0 Å². The van der Waals surface area contributed by atoms with Crippen LogP contribution in [0.2, 0.25) is 0 Å². The smallest absolute Gasteiger partial charge is 0.0700 e. The highest BCUT2D eigenvalue weighted by molar-refractivity contribution is 4.98. The molecule has 3 rings (SSSR count). The zero-order chi connectivity index (χ0) is 12.5. The molecule has 0 aromatic heterocycles. The van der Waals surface area contributed by atoms with Gasteiger partial charge in [-0.3, -0.25) is 0 Å². The Balaban J connectivity index is 1.70. The number of hydrogen-bond donors (Lipinski definition) is 1. The Bertz CT molecular complexity index is 275. The summed E-state index contributed by atoms with van der Waals surface area (Å²) in [4.78, 5) is 0. The molecular weight excluding hydrogens is 228 g/mol. The predicted molar refractivity (Wildman–Crippen MR) is 69.5 cm³/mol. The van der Waals surface area contributed by atoms with Crippen LogP contribution in [0.1, 0.15) is 57.8 Å². The molecule has 2 atom stereocenters. The average Bonchev–Trinajstić information content (AvgIpc) is 2.69. The highest BCUT2D eigenvalue weighted by Gasteiger charge is 2.46. The van der Waals surface area contributed by atoms with Crippen molar-refractivity contribution in [1.82, 2.24) is 0 Å². The van der Waals surface area contributed by atoms with Crippen LogP contribution in [-0.2, 0) is 9.47 Å². The van der Waals surface area contributed by atoms with Crippen molar-refractivity contribution in [2.75, 3.05) is 19.8 Å². The highest BCUT2D eigenvalue weighted by atomic mass is 16.5. The largest absolute Gasteiger partial charge is 0.390 e. The standard InChI is InChI=1S/C15H26O3/c16-15(7-3-9-17-11-8-15)13-4-10-18-14(12-13)5-1-2-6-14/h13,16H,1-12H2. The summed E-state index contributed by atoms with van der Waals surface area (Å²) < 4.78 is 11.6. The van der Waals surface area contributed by atoms with Gasteiger partial charge in [0.2, 0.25) is 0 Å². The van der Waals surface area contributed by atoms with Crippen molar-refractivity contribution in [3.8, 4) is 0 Å². The molecule has 0 amide bonds. The highest BCUT2D eigenvalue weighted by Crippen LogP contribution is 2.46. The minimum absolute atomic E-state index is 0.117. The molecule has 3 nitrogen and oxygen atoms in total. The summed E-state index contributed by atoms with van der Waals surface area (Å²) in [5.41, 5.74) is -0.373. The Morgan fingerprint density at radius 2 is 1.72 bits per heavy atom. The third kappa shape index (κ3) is 2.45. The van der Waals surface area contributed by atoms with Crippen LogP contribution in [0.3, 0.4) is 0 Å². The molecular formula is C15H26O3. The van der Waals surface area contributed by atoms with Crippen molar-refractivity contribution in [3.05, 3.63) is 0 Å². The molecule has 0 aromatic rings. The summed E-state index contributed by atoms with van der Waals surface area (Å²) in [6.07, 6.45) is 9.83. The Hall–Kier alpha value is -0.120. The van der Waals surface area contributed by atoms with E-state index in [9.17, 15) is 5.11 Å². The molecule has 0 bridgehead atoms. The Morgan fingerprint density at radius 3 is 2.56 bits per heavy atom. The van der Waals surface area contributed by atoms with E-state index in [1.54, 1.807) is 0 Å². The summed E-state index contributed by atoms with van der Waals surface area (Å²) in [6, 6.07) is 0. The lowest BCUT2D eigenvalue weighted by Crippen LogP contribution is -2.47. The first kappa shape index (κ1) is 12.9. The lowest BCUT2D eigenvalue weighted by Gasteiger charge is -2.45. The minimum Gasteiger partial charge on any atom is -0.390 e. The van der Waals surface area contributed by atoms with Crippen molar-refractivity contribution < 1.29 is 14.6 Å². The van der Waals surface area contributed by atoms with Gasteiger partial charge >= 0.3 is 0 Å². The van der Waals surface area contributed by atoms with Gasteiger partial charge in [-0.05, 0) is 50.9 Å². The van der Waals surface area contributed by atoms with Crippen LogP contribution in [0.4, 0.5) is 0 Å². The lowest BCUT2D eigenvalue weighted by molar-refractivity contribution is -0.144. The van der Waals surface area contributed by atoms with Gasteiger partial charge in [-0.15, -0.1) is 0 Å². The molecule has 2 aliphatic heterocycles. The first-order chi connectivity index (χ1) is 8.73. The van der Waals surface area contributed by atoms with E-state index in [0.717, 1.165) is 51.9 Å². The summed E-state index contributed by atoms with van der Waals surface area (Å²) >= 11 is 0. The van der Waals surface area contributed by atoms with Crippen LogP contribution in [0.15, 0.2) is 0 Å². The zero-order valence-corrected chi connectivity index (χ0v) is 11.3. The summed E-state index contributed by atoms with van der Waals surface area (Å²) in [7, 11) is 0. The van der Waals surface area contributed by atoms with Crippen LogP contribution in [-0.4, -0.2) is 36.1 Å². The maximum Gasteiger partial charge on any atom is 0.0700 e. The Kier molecular flexibility index (Phi) is 3.65. The third-order valence-corrected chi connectivity index (χ3v) is 5.35. The zero-order valence-electron chi connectivity index (χ0n) is 11.3. The van der Waals surface area contributed by atoms with Crippen LogP contribution in [0.5, 0.6) is 0 Å². The normalized spacial score (nSPS) is 40.8. The molecule has 0 radical (unpaired) electrons. The van der Waals surface area contributed by atoms with Crippen molar-refractivity contribution in [1.29, 1.82) is 0 Å². The van der Waals surface area contributed by atoms with Gasteiger partial charge < -0.3 is 14.6 Å². The molecule has 18 heavy (non-hydrogen) atoms. The van der Waals surface area contributed by atoms with Crippen LogP contribution < -0.4 is 0 Å². The maximum absolute atomic E-state index is 11.0. The first-order valence-electron chi connectivity index (χ1n) is 7.67. The first-order valence-corrected chi connectivity index (χ1v) is 7.67. The topological polar surface area (TPSA) is 38.7 Å². The quantitative estimate of drug-likeness (QED) is 0.782. The van der Waals surface area contributed by atoms with Crippen molar-refractivity contribution in [3.63, 3.8) is 0 Å². The second-order valence-corrected chi connectivity index (χ2v) is 6.50. The summed E-state index contributed by atoms with van der Waals surface area (Å²) in [5, 5.41) is 11.0. The van der Waals surface area contributed by atoms with Gasteiger partial charge in [0, 0.05) is 19.8 Å². The molecule has 3 aliphatic rings. The SMILES string of the molecule is OC1(C2CCOC3(CCCC3)C2)CCCOCC1. The van der Waals surface area contributed by atoms with E-state index < -0.39 is 5.60 Å². The van der Waals surface area contributed by atoms with Gasteiger partial charge in [0.05, 0.1) is 11.2 Å². The molecule has 2 heterocycles. The van der Waals surface area contributed by atoms with Gasteiger partial charge in [0.25, 0.3) is 0 Å². The fraction of sp³-hybridized carbons (Fsp3) is 1.00. The predicted octanol–water partition coefficient (Wildman–Crippen LogP) is 2.66. The van der Waals surface area contributed by atoms with Crippen LogP contribution in [0.25, 0.3) is 0 Å². The Labute approximate surface area is 110 Å². The summed E-state index contributed by atoms with van der Waals surface area (Å²) in [6.45, 7) is 2.38. The molecule has 2 unspecified atom stereocenters. The van der Waals surface area contributed by atoms with Gasteiger partial charge in [-0.1, -0.05) is 12.8 Å². The lowest BCUT2D eigenvalue weighted by atomic mass is 9.72. The second-order valence-electron chi connectivity index (χ2n) is 6.50. The van der Waals surface area contributed by atoms with Crippen molar-refractivity contribution in [2.45, 2.75) is 69.0 Å². The number of rotatable bonds is 1. The van der Waals surface area contributed by atoms with Crippen molar-refractivity contribution in [2.24, 2.45) is 5.92 Å². The molecule has 104 valence electrons. The number of aliphatic hydroxyl groups is 1. The average molecular weight is 254 g/mol. The van der Waals surface area contributed by atoms with E-state index in [1.165, 1.54) is 25.7 Å². The van der Waals surface area contributed by atoms with E-state index in [2.05, 4.69) is 0 Å². The second kappa shape index (κ2) is 5.10. The van der Waals surface area contributed by atoms with Crippen LogP contribution in [0, 0.1) is 5.92 Å². The van der Waals surface area contributed by atoms with E-state index in [-0.39, 0.29) is 5.60 Å². The number of ether oxygens (including phenoxy) is 2. The number of hydrogen-bond acceptors (Lipinski definition) is 3. The fourth-order valence-electron chi connectivity index (χ4n) is 4.22. The molecule has 3 heteroatoms. The molecule has 0 aromatic carbocycles. The van der Waals surface area contributed by atoms with E-state index in [0.29, 0.717) is 5.92 Å². The fourth-order valence-corrected chi connectivity index (χ4v) is 4.22. The van der Waals surface area contributed by atoms with E-state index >= 15 is 0 Å². The molecule has 1 saturated carbocycles. The van der Waals surface area contributed by atoms with Gasteiger partial charge in [-0.25, -0.2) is 0 Å². The molecule has 3 fully saturated rings. The molecule has 1 spiro atoms. The summed E-state index contributed by atoms with van der Waals surface area (Å²) in [5.74, 6) is 0.422. The Morgan fingerprint density at radius 1 is 0.889 bits per heavy atom. The molecule has 2 saturated heterocycles. The third-order valence-electron chi connectivity index (χ3n) is 5.35. The molecule has 1 aliphatic carbocycles. The molecule has 1 N–H and O–H groups in total. The van der Waals surface area contributed by atoms with Gasteiger partial charge in [-0.2, -0.15) is 0 Å².